The minimum atomic E-state index is -1.99. The Bertz CT molecular complexity index is 1430. The number of carbonyl (C=O) groups is 6. The molecule has 0 aromatic carbocycles. The predicted octanol–water partition coefficient (Wildman–Crippen LogP) is 2.90. The van der Waals surface area contributed by atoms with Crippen LogP contribution in [0, 0.1) is 0 Å². The van der Waals surface area contributed by atoms with E-state index < -0.39 is 64.5 Å². The van der Waals surface area contributed by atoms with Crippen molar-refractivity contribution in [1.29, 1.82) is 0 Å². The summed E-state index contributed by atoms with van der Waals surface area (Å²) in [5, 5.41) is 10.5. The van der Waals surface area contributed by atoms with Gasteiger partial charge in [0.1, 0.15) is 16.7 Å². The first-order chi connectivity index (χ1) is 20.3. The van der Waals surface area contributed by atoms with Gasteiger partial charge >= 0.3 is 35.6 Å². The molecular formula is C30H28O13. The summed E-state index contributed by atoms with van der Waals surface area (Å²) in [6, 6.07) is 0. The van der Waals surface area contributed by atoms with Crippen molar-refractivity contribution >= 4 is 35.6 Å². The zero-order valence-corrected chi connectivity index (χ0v) is 23.4. The first-order valence-electron chi connectivity index (χ1n) is 13.2. The number of carbonyl (C=O) groups excluding carboxylic acids is 6. The van der Waals surface area contributed by atoms with Crippen LogP contribution in [0.15, 0.2) is 83.4 Å². The summed E-state index contributed by atoms with van der Waals surface area (Å²) in [5.74, 6) is -11.2. The Morgan fingerprint density at radius 3 is 1.56 bits per heavy atom. The van der Waals surface area contributed by atoms with Crippen molar-refractivity contribution in [3.05, 3.63) is 83.4 Å². The minimum Gasteiger partial charge on any atom is -0.480 e. The van der Waals surface area contributed by atoms with Gasteiger partial charge in [0.15, 0.2) is 0 Å². The average molecular weight is 597 g/mol. The van der Waals surface area contributed by atoms with Crippen molar-refractivity contribution in [2.45, 2.75) is 63.8 Å². The van der Waals surface area contributed by atoms with Gasteiger partial charge in [-0.25, -0.2) is 24.0 Å². The highest BCUT2D eigenvalue weighted by Crippen LogP contribution is 2.45. The van der Waals surface area contributed by atoms with Gasteiger partial charge in [-0.2, -0.15) is 0 Å². The van der Waals surface area contributed by atoms with Crippen molar-refractivity contribution in [3.8, 4) is 0 Å². The van der Waals surface area contributed by atoms with E-state index in [1.165, 1.54) is 36.5 Å². The lowest BCUT2D eigenvalue weighted by Gasteiger charge is -2.46. The molecule has 0 unspecified atom stereocenters. The molecule has 0 aromatic rings. The van der Waals surface area contributed by atoms with Crippen LogP contribution in [-0.2, 0) is 57.2 Å². The molecule has 13 heteroatoms. The maximum absolute atomic E-state index is 12.7. The molecule has 1 saturated carbocycles. The summed E-state index contributed by atoms with van der Waals surface area (Å²) < 4.78 is 31.7. The molecule has 226 valence electrons. The number of rotatable bonds is 6. The summed E-state index contributed by atoms with van der Waals surface area (Å²) in [6.45, 7) is 4.08. The van der Waals surface area contributed by atoms with Crippen LogP contribution < -0.4 is 0 Å². The summed E-state index contributed by atoms with van der Waals surface area (Å²) in [4.78, 5) is 73.5. The second-order valence-corrected chi connectivity index (χ2v) is 9.91. The van der Waals surface area contributed by atoms with Crippen molar-refractivity contribution in [2.75, 3.05) is 0 Å². The molecule has 4 aliphatic rings. The third kappa shape index (κ3) is 6.50. The normalized spacial score (nSPS) is 29.7. The summed E-state index contributed by atoms with van der Waals surface area (Å²) in [7, 11) is 0. The smallest absolute Gasteiger partial charge is 0.349 e. The SMILES string of the molecule is C/C=C/C=C/C=C1C(=O)OC2(CCC3(CC2)OC(=O)C(/C=C/C=C/C=C2C(=O)OC(C)(C(C)=O)OC2=O)=C(O)O3)OC1=O. The van der Waals surface area contributed by atoms with Gasteiger partial charge in [-0.05, 0) is 25.2 Å². The zero-order valence-electron chi connectivity index (χ0n) is 23.4. The zero-order chi connectivity index (χ0) is 31.4. The molecular weight excluding hydrogens is 568 g/mol. The van der Waals surface area contributed by atoms with Crippen LogP contribution in [0.4, 0.5) is 0 Å². The standard InChI is InChI=1S/C30H28O13/c1-4-5-6-8-11-20-24(34)40-29(41-25(20)35)14-16-30(17-15-29)42-26(36)21(27(37)43-30)13-10-7-9-12-19-22(32)38-28(3,18(2)31)39-23(19)33/h4-13,36H,14-17H2,1-3H3/b5-4+,8-6+,9-7+,13-10+,19-12?,20-11?. The molecule has 2 saturated heterocycles. The van der Waals surface area contributed by atoms with E-state index in [9.17, 15) is 33.9 Å². The van der Waals surface area contributed by atoms with E-state index in [1.54, 1.807) is 18.2 Å². The molecule has 0 bridgehead atoms. The molecule has 0 aromatic heterocycles. The van der Waals surface area contributed by atoms with E-state index in [0.717, 1.165) is 19.9 Å². The molecule has 0 atom stereocenters. The number of ketones is 1. The quantitative estimate of drug-likeness (QED) is 0.156. The van der Waals surface area contributed by atoms with E-state index in [2.05, 4.69) is 0 Å². The molecule has 0 radical (unpaired) electrons. The van der Waals surface area contributed by atoms with Gasteiger partial charge in [0.25, 0.3) is 17.5 Å². The molecule has 2 spiro atoms. The van der Waals surface area contributed by atoms with E-state index in [-0.39, 0.29) is 36.8 Å². The largest absolute Gasteiger partial charge is 0.480 e. The monoisotopic (exact) mass is 596 g/mol. The van der Waals surface area contributed by atoms with Gasteiger partial charge in [0, 0.05) is 39.5 Å². The number of ether oxygens (including phenoxy) is 6. The average Bonchev–Trinajstić information content (AvgIpc) is 2.92. The Morgan fingerprint density at radius 1 is 0.651 bits per heavy atom. The van der Waals surface area contributed by atoms with Crippen molar-refractivity contribution in [3.63, 3.8) is 0 Å². The number of aliphatic hydroxyl groups excluding tert-OH is 1. The van der Waals surface area contributed by atoms with Crippen LogP contribution in [0.3, 0.4) is 0 Å². The number of allylic oxidation sites excluding steroid dienone is 9. The fraction of sp³-hybridized carbons (Fsp3) is 0.333. The number of cyclic esters (lactones) is 2. The summed E-state index contributed by atoms with van der Waals surface area (Å²) in [5.41, 5.74) is -1.03. The van der Waals surface area contributed by atoms with Crippen molar-refractivity contribution in [2.24, 2.45) is 0 Å². The number of aliphatic hydroxyl groups is 1. The van der Waals surface area contributed by atoms with Gasteiger partial charge in [-0.1, -0.05) is 42.5 Å². The van der Waals surface area contributed by atoms with Crippen molar-refractivity contribution in [1.82, 2.24) is 0 Å². The summed E-state index contributed by atoms with van der Waals surface area (Å²) in [6.07, 6.45) is 13.9. The van der Waals surface area contributed by atoms with Crippen molar-refractivity contribution < 1.29 is 62.3 Å². The van der Waals surface area contributed by atoms with E-state index in [4.69, 9.17) is 28.4 Å². The Balaban J connectivity index is 1.37. The molecule has 4 rings (SSSR count). The van der Waals surface area contributed by atoms with E-state index in [0.29, 0.717) is 0 Å². The number of esters is 5. The number of Topliss-reactive ketones (excluding diaryl/α,β-unsaturated/α-hetero) is 1. The van der Waals surface area contributed by atoms with Gasteiger partial charge in [0.05, 0.1) is 0 Å². The first kappa shape index (κ1) is 30.8. The van der Waals surface area contributed by atoms with Crippen LogP contribution in [0.2, 0.25) is 0 Å². The highest BCUT2D eigenvalue weighted by atomic mass is 16.8. The van der Waals surface area contributed by atoms with Gasteiger partial charge in [-0.3, -0.25) is 4.79 Å². The van der Waals surface area contributed by atoms with Crippen LogP contribution in [-0.4, -0.2) is 58.1 Å². The lowest BCUT2D eigenvalue weighted by Crippen LogP contribution is -2.54. The summed E-state index contributed by atoms with van der Waals surface area (Å²) >= 11 is 0. The third-order valence-electron chi connectivity index (χ3n) is 6.86. The van der Waals surface area contributed by atoms with Gasteiger partial charge in [0.2, 0.25) is 5.78 Å². The second-order valence-electron chi connectivity index (χ2n) is 9.91. The van der Waals surface area contributed by atoms with Crippen LogP contribution >= 0.6 is 0 Å². The Labute approximate surface area is 245 Å². The lowest BCUT2D eigenvalue weighted by atomic mass is 9.87. The highest BCUT2D eigenvalue weighted by molar-refractivity contribution is 6.17. The lowest BCUT2D eigenvalue weighted by molar-refractivity contribution is -0.297. The molecule has 0 amide bonds. The minimum absolute atomic E-state index is 0.0499. The maximum atomic E-state index is 12.7. The highest BCUT2D eigenvalue weighted by Gasteiger charge is 2.56. The molecule has 3 fully saturated rings. The molecule has 13 nitrogen and oxygen atoms in total. The second kappa shape index (κ2) is 12.0. The fourth-order valence-electron chi connectivity index (χ4n) is 4.35. The Hall–Kier alpha value is -5.20. The number of hydrogen-bond acceptors (Lipinski definition) is 13. The Kier molecular flexibility index (Phi) is 8.55. The first-order valence-corrected chi connectivity index (χ1v) is 13.2. The molecule has 1 aliphatic carbocycles. The maximum Gasteiger partial charge on any atom is 0.349 e. The molecule has 1 N–H and O–H groups in total. The van der Waals surface area contributed by atoms with E-state index in [1.807, 2.05) is 6.92 Å². The van der Waals surface area contributed by atoms with Gasteiger partial charge in [-0.15, -0.1) is 0 Å². The third-order valence-corrected chi connectivity index (χ3v) is 6.86. The Morgan fingerprint density at radius 2 is 1.09 bits per heavy atom. The van der Waals surface area contributed by atoms with Gasteiger partial charge < -0.3 is 33.5 Å². The van der Waals surface area contributed by atoms with Crippen LogP contribution in [0.5, 0.6) is 0 Å². The van der Waals surface area contributed by atoms with Crippen LogP contribution in [0.1, 0.15) is 46.5 Å². The predicted molar refractivity (Wildman–Crippen MR) is 143 cm³/mol. The molecule has 3 heterocycles. The number of hydrogen-bond donors (Lipinski definition) is 1. The fourth-order valence-corrected chi connectivity index (χ4v) is 4.35. The van der Waals surface area contributed by atoms with E-state index >= 15 is 0 Å². The van der Waals surface area contributed by atoms with Crippen LogP contribution in [0.25, 0.3) is 0 Å². The molecule has 3 aliphatic heterocycles. The topological polar surface area (TPSA) is 178 Å². The molecule has 43 heavy (non-hydrogen) atoms.